The van der Waals surface area contributed by atoms with Gasteiger partial charge in [-0.2, -0.15) is 5.10 Å². The van der Waals surface area contributed by atoms with Crippen LogP contribution in [0.2, 0.25) is 0 Å². The summed E-state index contributed by atoms with van der Waals surface area (Å²) in [6, 6.07) is 15.4. The van der Waals surface area contributed by atoms with Crippen LogP contribution in [0.25, 0.3) is 11.4 Å². The van der Waals surface area contributed by atoms with E-state index in [2.05, 4.69) is 15.2 Å². The molecule has 0 aliphatic carbocycles. The summed E-state index contributed by atoms with van der Waals surface area (Å²) in [6.45, 7) is 2.72. The molecule has 3 aromatic rings. The smallest absolute Gasteiger partial charge is 0.222 e. The molecular formula is C24H28N4O3. The van der Waals surface area contributed by atoms with Crippen molar-refractivity contribution in [2.24, 2.45) is 5.92 Å². The van der Waals surface area contributed by atoms with Crippen molar-refractivity contribution in [2.45, 2.75) is 25.7 Å². The summed E-state index contributed by atoms with van der Waals surface area (Å²) in [5, 5.41) is 6.84. The van der Waals surface area contributed by atoms with Gasteiger partial charge >= 0.3 is 0 Å². The van der Waals surface area contributed by atoms with E-state index in [-0.39, 0.29) is 5.91 Å². The van der Waals surface area contributed by atoms with Crippen LogP contribution in [0.3, 0.4) is 0 Å². The number of nitrogens with one attached hydrogen (secondary N) is 1. The number of hydrogen-bond acceptors (Lipinski definition) is 5. The summed E-state index contributed by atoms with van der Waals surface area (Å²) in [5.41, 5.74) is 1.71. The van der Waals surface area contributed by atoms with Crippen LogP contribution in [-0.2, 0) is 4.79 Å². The molecule has 1 amide bonds. The van der Waals surface area contributed by atoms with Crippen LogP contribution >= 0.6 is 0 Å². The van der Waals surface area contributed by atoms with E-state index < -0.39 is 0 Å². The maximum absolute atomic E-state index is 12.6. The molecule has 4 rings (SSSR count). The number of H-pyrrole nitrogens is 1. The van der Waals surface area contributed by atoms with Crippen LogP contribution in [0.15, 0.2) is 60.9 Å². The van der Waals surface area contributed by atoms with Gasteiger partial charge in [-0.3, -0.25) is 14.9 Å². The van der Waals surface area contributed by atoms with Gasteiger partial charge in [-0.15, -0.1) is 0 Å². The van der Waals surface area contributed by atoms with Crippen molar-refractivity contribution in [1.82, 2.24) is 20.1 Å². The van der Waals surface area contributed by atoms with Gasteiger partial charge in [0, 0.05) is 31.6 Å². The number of nitrogens with zero attached hydrogens (tertiary/aromatic N) is 3. The standard InChI is InChI=1S/C24H28N4O3/c29-24(9-5-15-30-20-7-2-1-3-8-20)28-14-4-6-19(17-28)18-31-21-10-11-22(25-16-21)23-12-13-26-27-23/h1-3,7-8,10-13,16,19H,4-6,9,14-15,17-18H2,(H,26,27)/t19-/m1/s1. The minimum absolute atomic E-state index is 0.201. The summed E-state index contributed by atoms with van der Waals surface area (Å²) >= 11 is 0. The number of para-hydroxylation sites is 1. The molecule has 7 heteroatoms. The van der Waals surface area contributed by atoms with Gasteiger partial charge in [-0.05, 0) is 49.6 Å². The number of amides is 1. The Labute approximate surface area is 182 Å². The van der Waals surface area contributed by atoms with Crippen LogP contribution in [0, 0.1) is 5.92 Å². The quantitative estimate of drug-likeness (QED) is 0.530. The number of hydrogen-bond donors (Lipinski definition) is 1. The molecule has 0 spiro atoms. The number of piperidine rings is 1. The number of pyridine rings is 1. The predicted molar refractivity (Wildman–Crippen MR) is 118 cm³/mol. The van der Waals surface area contributed by atoms with Crippen molar-refractivity contribution in [3.8, 4) is 22.9 Å². The molecule has 0 bridgehead atoms. The summed E-state index contributed by atoms with van der Waals surface area (Å²) < 4.78 is 11.6. The average Bonchev–Trinajstić information content (AvgIpc) is 3.37. The van der Waals surface area contributed by atoms with Gasteiger partial charge in [0.2, 0.25) is 5.91 Å². The third kappa shape index (κ3) is 6.07. The summed E-state index contributed by atoms with van der Waals surface area (Å²) in [7, 11) is 0. The van der Waals surface area contributed by atoms with E-state index in [4.69, 9.17) is 9.47 Å². The van der Waals surface area contributed by atoms with Gasteiger partial charge in [-0.1, -0.05) is 18.2 Å². The minimum atomic E-state index is 0.201. The predicted octanol–water partition coefficient (Wildman–Crippen LogP) is 3.95. The Balaban J connectivity index is 1.18. The van der Waals surface area contributed by atoms with Crippen LogP contribution in [0.1, 0.15) is 25.7 Å². The minimum Gasteiger partial charge on any atom is -0.494 e. The second-order valence-corrected chi connectivity index (χ2v) is 7.77. The van der Waals surface area contributed by atoms with Crippen molar-refractivity contribution >= 4 is 5.91 Å². The lowest BCUT2D eigenvalue weighted by Gasteiger charge is -2.32. The molecule has 1 saturated heterocycles. The maximum Gasteiger partial charge on any atom is 0.222 e. The number of aromatic amines is 1. The van der Waals surface area contributed by atoms with Crippen LogP contribution < -0.4 is 9.47 Å². The summed E-state index contributed by atoms with van der Waals surface area (Å²) in [6.07, 6.45) is 6.75. The topological polar surface area (TPSA) is 80.3 Å². The van der Waals surface area contributed by atoms with E-state index in [1.807, 2.05) is 53.4 Å². The van der Waals surface area contributed by atoms with E-state index in [0.717, 1.165) is 55.2 Å². The molecule has 162 valence electrons. The molecular weight excluding hydrogens is 392 g/mol. The fraction of sp³-hybridized carbons (Fsp3) is 0.375. The average molecular weight is 421 g/mol. The van der Waals surface area contributed by atoms with Gasteiger partial charge < -0.3 is 14.4 Å². The summed E-state index contributed by atoms with van der Waals surface area (Å²) in [4.78, 5) is 19.0. The Morgan fingerprint density at radius 1 is 1.10 bits per heavy atom. The highest BCUT2D eigenvalue weighted by atomic mass is 16.5. The molecule has 1 N–H and O–H groups in total. The normalized spacial score (nSPS) is 16.1. The molecule has 3 heterocycles. The van der Waals surface area contributed by atoms with Crippen molar-refractivity contribution in [3.05, 3.63) is 60.9 Å². The van der Waals surface area contributed by atoms with Gasteiger partial charge in [0.25, 0.3) is 0 Å². The molecule has 1 aromatic carbocycles. The van der Waals surface area contributed by atoms with Gasteiger partial charge in [-0.25, -0.2) is 0 Å². The fourth-order valence-electron chi connectivity index (χ4n) is 3.75. The molecule has 1 aliphatic rings. The SMILES string of the molecule is O=C(CCCOc1ccccc1)N1CCC[C@@H](COc2ccc(-c3ccn[nH]3)nc2)C1. The number of benzene rings is 1. The van der Waals surface area contributed by atoms with Crippen LogP contribution in [0.5, 0.6) is 11.5 Å². The molecule has 0 radical (unpaired) electrons. The number of ether oxygens (including phenoxy) is 2. The molecule has 31 heavy (non-hydrogen) atoms. The Hall–Kier alpha value is -3.35. The van der Waals surface area contributed by atoms with Crippen molar-refractivity contribution in [2.75, 3.05) is 26.3 Å². The highest BCUT2D eigenvalue weighted by molar-refractivity contribution is 5.76. The van der Waals surface area contributed by atoms with Crippen LogP contribution in [-0.4, -0.2) is 52.3 Å². The first-order valence-electron chi connectivity index (χ1n) is 10.8. The first kappa shape index (κ1) is 20.9. The molecule has 1 atom stereocenters. The van der Waals surface area contributed by atoms with Gasteiger partial charge in [0.1, 0.15) is 11.5 Å². The van der Waals surface area contributed by atoms with Crippen LogP contribution in [0.4, 0.5) is 0 Å². The Bertz CT molecular complexity index is 929. The zero-order chi connectivity index (χ0) is 21.3. The highest BCUT2D eigenvalue weighted by Gasteiger charge is 2.24. The molecule has 7 nitrogen and oxygen atoms in total. The first-order valence-corrected chi connectivity index (χ1v) is 10.8. The van der Waals surface area contributed by atoms with Gasteiger partial charge in [0.05, 0.1) is 30.8 Å². The lowest BCUT2D eigenvalue weighted by molar-refractivity contribution is -0.133. The lowest BCUT2D eigenvalue weighted by atomic mass is 9.98. The Kier molecular flexibility index (Phi) is 7.16. The highest BCUT2D eigenvalue weighted by Crippen LogP contribution is 2.21. The second kappa shape index (κ2) is 10.6. The molecule has 2 aromatic heterocycles. The van der Waals surface area contributed by atoms with Gasteiger partial charge in [0.15, 0.2) is 0 Å². The van der Waals surface area contributed by atoms with E-state index in [0.29, 0.717) is 25.6 Å². The number of carbonyl (C=O) groups is 1. The monoisotopic (exact) mass is 420 g/mol. The maximum atomic E-state index is 12.6. The molecule has 1 aliphatic heterocycles. The third-order valence-corrected chi connectivity index (χ3v) is 5.42. The Morgan fingerprint density at radius 3 is 2.77 bits per heavy atom. The fourth-order valence-corrected chi connectivity index (χ4v) is 3.75. The first-order chi connectivity index (χ1) is 15.3. The number of carbonyl (C=O) groups excluding carboxylic acids is 1. The third-order valence-electron chi connectivity index (χ3n) is 5.42. The van der Waals surface area contributed by atoms with Crippen molar-refractivity contribution in [1.29, 1.82) is 0 Å². The number of likely N-dealkylation sites (tertiary alicyclic amines) is 1. The van der Waals surface area contributed by atoms with E-state index in [9.17, 15) is 4.79 Å². The zero-order valence-corrected chi connectivity index (χ0v) is 17.6. The molecule has 1 fully saturated rings. The van der Waals surface area contributed by atoms with E-state index in [1.54, 1.807) is 12.4 Å². The molecule has 0 unspecified atom stereocenters. The summed E-state index contributed by atoms with van der Waals surface area (Å²) in [5.74, 6) is 2.12. The Morgan fingerprint density at radius 2 is 2.00 bits per heavy atom. The number of aromatic nitrogens is 3. The van der Waals surface area contributed by atoms with Crippen molar-refractivity contribution in [3.63, 3.8) is 0 Å². The second-order valence-electron chi connectivity index (χ2n) is 7.77. The van der Waals surface area contributed by atoms with E-state index in [1.165, 1.54) is 0 Å². The zero-order valence-electron chi connectivity index (χ0n) is 17.6. The van der Waals surface area contributed by atoms with E-state index >= 15 is 0 Å². The number of rotatable bonds is 9. The molecule has 0 saturated carbocycles. The van der Waals surface area contributed by atoms with Crippen molar-refractivity contribution < 1.29 is 14.3 Å². The largest absolute Gasteiger partial charge is 0.494 e. The lowest BCUT2D eigenvalue weighted by Crippen LogP contribution is -2.41.